The predicted molar refractivity (Wildman–Crippen MR) is 97.8 cm³/mol. The van der Waals surface area contributed by atoms with Crippen LogP contribution < -0.4 is 10.6 Å². The van der Waals surface area contributed by atoms with Crippen molar-refractivity contribution in [3.63, 3.8) is 0 Å². The summed E-state index contributed by atoms with van der Waals surface area (Å²) >= 11 is 0. The minimum atomic E-state index is -1.50. The molecule has 3 nitrogen and oxygen atoms in total. The predicted octanol–water partition coefficient (Wildman–Crippen LogP) is 4.52. The Balaban J connectivity index is 0.00000243. The number of rotatable bonds is 5. The number of hydrogen-bond donors (Lipinski definition) is 2. The van der Waals surface area contributed by atoms with E-state index >= 15 is 0 Å². The van der Waals surface area contributed by atoms with Crippen LogP contribution in [0.4, 0.5) is 18.9 Å². The lowest BCUT2D eigenvalue weighted by atomic mass is 10.0. The summed E-state index contributed by atoms with van der Waals surface area (Å²) in [5.41, 5.74) is 1.06. The molecule has 0 saturated carbocycles. The van der Waals surface area contributed by atoms with Crippen molar-refractivity contribution in [2.24, 2.45) is 5.92 Å². The smallest absolute Gasteiger partial charge is 0.224 e. The van der Waals surface area contributed by atoms with Gasteiger partial charge in [0.25, 0.3) is 0 Å². The maximum Gasteiger partial charge on any atom is 0.224 e. The van der Waals surface area contributed by atoms with Gasteiger partial charge in [-0.2, -0.15) is 0 Å². The third-order valence-electron chi connectivity index (χ3n) is 4.44. The van der Waals surface area contributed by atoms with E-state index in [-0.39, 0.29) is 23.9 Å². The van der Waals surface area contributed by atoms with Gasteiger partial charge in [0.1, 0.15) is 0 Å². The number of carbonyl (C=O) groups is 1. The zero-order chi connectivity index (χ0) is 17.8. The molecule has 7 heteroatoms. The summed E-state index contributed by atoms with van der Waals surface area (Å²) in [5.74, 6) is -3.67. The van der Waals surface area contributed by atoms with E-state index in [0.29, 0.717) is 23.6 Å². The summed E-state index contributed by atoms with van der Waals surface area (Å²) in [7, 11) is 0. The van der Waals surface area contributed by atoms with E-state index in [0.717, 1.165) is 38.1 Å². The van der Waals surface area contributed by atoms with E-state index in [9.17, 15) is 18.0 Å². The Labute approximate surface area is 156 Å². The van der Waals surface area contributed by atoms with Crippen molar-refractivity contribution in [1.82, 2.24) is 5.32 Å². The van der Waals surface area contributed by atoms with Gasteiger partial charge in [-0.05, 0) is 55.6 Å². The molecule has 140 valence electrons. The monoisotopic (exact) mass is 384 g/mol. The number of carbonyl (C=O) groups excluding carboxylic acids is 1. The lowest BCUT2D eigenvalue weighted by Crippen LogP contribution is -2.15. The molecule has 2 aromatic carbocycles. The molecule has 1 unspecified atom stereocenters. The summed E-state index contributed by atoms with van der Waals surface area (Å²) in [6.07, 6.45) is 2.24. The molecular weight excluding hydrogens is 365 g/mol. The van der Waals surface area contributed by atoms with E-state index in [2.05, 4.69) is 10.6 Å². The van der Waals surface area contributed by atoms with E-state index < -0.39 is 17.5 Å². The zero-order valence-electron chi connectivity index (χ0n) is 14.0. The van der Waals surface area contributed by atoms with Crippen LogP contribution in [-0.2, 0) is 4.79 Å². The van der Waals surface area contributed by atoms with Crippen molar-refractivity contribution in [2.45, 2.75) is 19.3 Å². The van der Waals surface area contributed by atoms with Crippen LogP contribution >= 0.6 is 12.4 Å². The average Bonchev–Trinajstić information content (AvgIpc) is 3.11. The molecule has 1 saturated heterocycles. The summed E-state index contributed by atoms with van der Waals surface area (Å²) < 4.78 is 40.2. The lowest BCUT2D eigenvalue weighted by molar-refractivity contribution is -0.116. The molecule has 0 aliphatic carbocycles. The van der Waals surface area contributed by atoms with E-state index in [4.69, 9.17) is 0 Å². The van der Waals surface area contributed by atoms with Gasteiger partial charge < -0.3 is 10.6 Å². The molecule has 1 heterocycles. The Morgan fingerprint density at radius 3 is 2.50 bits per heavy atom. The van der Waals surface area contributed by atoms with Crippen molar-refractivity contribution in [3.05, 3.63) is 53.8 Å². The Morgan fingerprint density at radius 1 is 1.15 bits per heavy atom. The van der Waals surface area contributed by atoms with E-state index in [1.807, 2.05) is 0 Å². The van der Waals surface area contributed by atoms with Gasteiger partial charge in [0.2, 0.25) is 5.91 Å². The van der Waals surface area contributed by atoms with Crippen molar-refractivity contribution in [2.75, 3.05) is 18.4 Å². The fraction of sp³-hybridized carbons (Fsp3) is 0.316. The quantitative estimate of drug-likeness (QED) is 0.744. The van der Waals surface area contributed by atoms with Gasteiger partial charge >= 0.3 is 0 Å². The van der Waals surface area contributed by atoms with Crippen LogP contribution in [0.15, 0.2) is 36.4 Å². The summed E-state index contributed by atoms with van der Waals surface area (Å²) in [6, 6.07) is 8.54. The van der Waals surface area contributed by atoms with E-state index in [1.54, 1.807) is 24.3 Å². The van der Waals surface area contributed by atoms with E-state index in [1.165, 1.54) is 0 Å². The van der Waals surface area contributed by atoms with Gasteiger partial charge in [-0.15, -0.1) is 12.4 Å². The number of nitrogens with one attached hydrogen (secondary N) is 2. The van der Waals surface area contributed by atoms with Crippen LogP contribution in [0.25, 0.3) is 11.1 Å². The second-order valence-corrected chi connectivity index (χ2v) is 6.25. The second kappa shape index (κ2) is 9.05. The first-order valence-electron chi connectivity index (χ1n) is 8.29. The molecule has 1 atom stereocenters. The fourth-order valence-corrected chi connectivity index (χ4v) is 3.06. The first-order chi connectivity index (χ1) is 12.0. The largest absolute Gasteiger partial charge is 0.326 e. The molecule has 1 aliphatic heterocycles. The van der Waals surface area contributed by atoms with Crippen LogP contribution in [0.5, 0.6) is 0 Å². The summed E-state index contributed by atoms with van der Waals surface area (Å²) in [4.78, 5) is 12.2. The molecule has 3 rings (SSSR count). The van der Waals surface area contributed by atoms with Gasteiger partial charge in [0, 0.05) is 17.7 Å². The molecule has 26 heavy (non-hydrogen) atoms. The Bertz CT molecular complexity index is 756. The van der Waals surface area contributed by atoms with Gasteiger partial charge in [-0.1, -0.05) is 18.2 Å². The minimum absolute atomic E-state index is 0. The first kappa shape index (κ1) is 20.3. The van der Waals surface area contributed by atoms with Gasteiger partial charge in [-0.25, -0.2) is 13.2 Å². The third-order valence-corrected chi connectivity index (χ3v) is 4.44. The number of hydrogen-bond acceptors (Lipinski definition) is 2. The molecule has 1 amide bonds. The van der Waals surface area contributed by atoms with Crippen LogP contribution in [0, 0.1) is 23.4 Å². The molecule has 2 N–H and O–H groups in total. The highest BCUT2D eigenvalue weighted by atomic mass is 35.5. The fourth-order valence-electron chi connectivity index (χ4n) is 3.06. The number of para-hydroxylation sites is 1. The molecule has 0 bridgehead atoms. The summed E-state index contributed by atoms with van der Waals surface area (Å²) in [5, 5.41) is 6.05. The Hall–Kier alpha value is -2.05. The van der Waals surface area contributed by atoms with Gasteiger partial charge in [0.15, 0.2) is 17.5 Å². The molecule has 1 aliphatic rings. The number of halogens is 4. The topological polar surface area (TPSA) is 41.1 Å². The molecule has 0 radical (unpaired) electrons. The highest BCUT2D eigenvalue weighted by Crippen LogP contribution is 2.30. The minimum Gasteiger partial charge on any atom is -0.326 e. The average molecular weight is 385 g/mol. The van der Waals surface area contributed by atoms with Gasteiger partial charge in [0.05, 0.1) is 0 Å². The maximum atomic E-state index is 13.5. The van der Waals surface area contributed by atoms with Crippen LogP contribution in [-0.4, -0.2) is 19.0 Å². The standard InChI is InChI=1S/C19H19F3N2O.ClH/c20-15-9-13(10-16(21)19(15)22)14-3-1-2-4-17(14)24-18(25)6-5-12-7-8-23-11-12;/h1-4,9-10,12,23H,5-8,11H2,(H,24,25);1H. The van der Waals surface area contributed by atoms with Gasteiger partial charge in [-0.3, -0.25) is 4.79 Å². The van der Waals surface area contributed by atoms with Crippen molar-refractivity contribution >= 4 is 24.0 Å². The first-order valence-corrected chi connectivity index (χ1v) is 8.29. The molecule has 2 aromatic rings. The highest BCUT2D eigenvalue weighted by molar-refractivity contribution is 5.95. The zero-order valence-corrected chi connectivity index (χ0v) is 14.8. The Morgan fingerprint density at radius 2 is 1.85 bits per heavy atom. The number of benzene rings is 2. The van der Waals surface area contributed by atoms with Crippen molar-refractivity contribution in [3.8, 4) is 11.1 Å². The molecule has 0 spiro atoms. The number of anilines is 1. The van der Waals surface area contributed by atoms with Crippen molar-refractivity contribution in [1.29, 1.82) is 0 Å². The van der Waals surface area contributed by atoms with Crippen LogP contribution in [0.3, 0.4) is 0 Å². The number of amides is 1. The highest BCUT2D eigenvalue weighted by Gasteiger charge is 2.17. The third kappa shape index (κ3) is 4.77. The Kier molecular flexibility index (Phi) is 7.06. The van der Waals surface area contributed by atoms with Crippen LogP contribution in [0.2, 0.25) is 0 Å². The summed E-state index contributed by atoms with van der Waals surface area (Å²) in [6.45, 7) is 1.91. The SMILES string of the molecule is Cl.O=C(CCC1CCNC1)Nc1ccccc1-c1cc(F)c(F)c(F)c1. The normalized spacial score (nSPS) is 16.2. The van der Waals surface area contributed by atoms with Crippen molar-refractivity contribution < 1.29 is 18.0 Å². The molecule has 1 fully saturated rings. The second-order valence-electron chi connectivity index (χ2n) is 6.25. The lowest BCUT2D eigenvalue weighted by Gasteiger charge is -2.13. The van der Waals surface area contributed by atoms with Crippen LogP contribution in [0.1, 0.15) is 19.3 Å². The molecule has 0 aromatic heterocycles. The molecular formula is C19H20ClF3N2O. The maximum absolute atomic E-state index is 13.5.